The smallest absolute Gasteiger partial charge is 0.254 e. The number of aromatic nitrogens is 2. The number of carbonyl (C=O) groups is 1. The summed E-state index contributed by atoms with van der Waals surface area (Å²) >= 11 is 0. The molecule has 110 valence electrons. The lowest BCUT2D eigenvalue weighted by molar-refractivity contribution is 0.0606. The molecule has 5 nitrogen and oxygen atoms in total. The summed E-state index contributed by atoms with van der Waals surface area (Å²) in [4.78, 5) is 14.3. The van der Waals surface area contributed by atoms with Crippen LogP contribution in [0.1, 0.15) is 28.7 Å². The Morgan fingerprint density at radius 2 is 2.14 bits per heavy atom. The van der Waals surface area contributed by atoms with Crippen molar-refractivity contribution in [3.05, 3.63) is 53.1 Å². The highest BCUT2D eigenvalue weighted by Gasteiger charge is 2.28. The van der Waals surface area contributed by atoms with Gasteiger partial charge in [-0.3, -0.25) is 9.48 Å². The summed E-state index contributed by atoms with van der Waals surface area (Å²) in [6, 6.07) is 7.36. The number of aliphatic hydroxyl groups is 1. The highest BCUT2D eigenvalue weighted by Crippen LogP contribution is 2.21. The first kappa shape index (κ1) is 13.8. The molecule has 1 aromatic heterocycles. The number of amides is 1. The fraction of sp³-hybridized carbons (Fsp3) is 0.333. The normalized spacial score (nSPS) is 17.7. The van der Waals surface area contributed by atoms with Crippen LogP contribution < -0.4 is 0 Å². The van der Waals surface area contributed by atoms with Crippen LogP contribution in [0.5, 0.6) is 0 Å². The van der Waals surface area contributed by atoms with Crippen molar-refractivity contribution in [1.82, 2.24) is 14.7 Å². The van der Waals surface area contributed by atoms with Gasteiger partial charge in [0, 0.05) is 11.6 Å². The van der Waals surface area contributed by atoms with Crippen molar-refractivity contribution in [2.24, 2.45) is 0 Å². The van der Waals surface area contributed by atoms with E-state index in [4.69, 9.17) is 5.11 Å². The predicted molar refractivity (Wildman–Crippen MR) is 73.9 cm³/mol. The molecule has 0 aliphatic carbocycles. The summed E-state index contributed by atoms with van der Waals surface area (Å²) in [5.74, 6) is -0.482. The van der Waals surface area contributed by atoms with Gasteiger partial charge < -0.3 is 10.0 Å². The lowest BCUT2D eigenvalue weighted by Gasteiger charge is -2.34. The summed E-state index contributed by atoms with van der Waals surface area (Å²) in [7, 11) is 0. The molecule has 3 rings (SSSR count). The average Bonchev–Trinajstić information content (AvgIpc) is 2.88. The van der Waals surface area contributed by atoms with Crippen molar-refractivity contribution < 1.29 is 14.3 Å². The summed E-state index contributed by atoms with van der Waals surface area (Å²) in [6.07, 6.45) is 0. The van der Waals surface area contributed by atoms with Crippen molar-refractivity contribution in [1.29, 1.82) is 0 Å². The molecule has 0 bridgehead atoms. The number of benzene rings is 1. The molecule has 0 saturated carbocycles. The largest absolute Gasteiger partial charge is 0.390 e. The van der Waals surface area contributed by atoms with E-state index >= 15 is 0 Å². The van der Waals surface area contributed by atoms with E-state index in [0.29, 0.717) is 24.3 Å². The zero-order valence-electron chi connectivity index (χ0n) is 11.7. The minimum absolute atomic E-state index is 0.0125. The molecule has 1 atom stereocenters. The maximum absolute atomic E-state index is 12.9. The molecule has 0 saturated heterocycles. The van der Waals surface area contributed by atoms with E-state index in [0.717, 1.165) is 5.69 Å². The number of fused-ring (bicyclic) bond motifs is 1. The molecule has 0 spiro atoms. The minimum atomic E-state index is -0.357. The Bertz CT molecular complexity index is 666. The van der Waals surface area contributed by atoms with Crippen LogP contribution in [0.4, 0.5) is 4.39 Å². The Hall–Kier alpha value is -2.21. The third-order valence-corrected chi connectivity index (χ3v) is 3.73. The van der Waals surface area contributed by atoms with Gasteiger partial charge in [-0.15, -0.1) is 0 Å². The average molecular weight is 289 g/mol. The fourth-order valence-corrected chi connectivity index (χ4v) is 2.59. The van der Waals surface area contributed by atoms with Gasteiger partial charge in [-0.05, 0) is 37.3 Å². The number of hydrogen-bond donors (Lipinski definition) is 1. The van der Waals surface area contributed by atoms with Gasteiger partial charge in [0.05, 0.1) is 31.1 Å². The summed E-state index contributed by atoms with van der Waals surface area (Å²) in [5.41, 5.74) is 1.97. The zero-order chi connectivity index (χ0) is 15.0. The van der Waals surface area contributed by atoms with Crippen molar-refractivity contribution in [3.63, 3.8) is 0 Å². The van der Waals surface area contributed by atoms with Gasteiger partial charge in [0.15, 0.2) is 0 Å². The SMILES string of the molecule is CC1Cn2nc(CO)cc2CN1C(=O)c1ccc(F)cc1. The maximum Gasteiger partial charge on any atom is 0.254 e. The Labute approximate surface area is 121 Å². The standard InChI is InChI=1S/C15H16FN3O2/c1-10-7-19-14(6-13(9-20)17-19)8-18(10)15(21)11-2-4-12(16)5-3-11/h2-6,10,20H,7-9H2,1H3. The predicted octanol–water partition coefficient (Wildman–Crippen LogP) is 1.56. The van der Waals surface area contributed by atoms with Crippen molar-refractivity contribution in [2.75, 3.05) is 0 Å². The molecule has 21 heavy (non-hydrogen) atoms. The third-order valence-electron chi connectivity index (χ3n) is 3.73. The van der Waals surface area contributed by atoms with Gasteiger partial charge in [-0.25, -0.2) is 4.39 Å². The minimum Gasteiger partial charge on any atom is -0.390 e. The molecule has 2 aromatic rings. The van der Waals surface area contributed by atoms with Crippen LogP contribution in [0.3, 0.4) is 0 Å². The molecule has 1 unspecified atom stereocenters. The van der Waals surface area contributed by atoms with Crippen LogP contribution in [0.2, 0.25) is 0 Å². The number of hydrogen-bond acceptors (Lipinski definition) is 3. The van der Waals surface area contributed by atoms with Crippen LogP contribution in [0.25, 0.3) is 0 Å². The number of nitrogens with zero attached hydrogens (tertiary/aromatic N) is 3. The lowest BCUT2D eigenvalue weighted by Crippen LogP contribution is -2.44. The second-order valence-electron chi connectivity index (χ2n) is 5.26. The van der Waals surface area contributed by atoms with E-state index in [1.165, 1.54) is 24.3 Å². The molecular formula is C15H16FN3O2. The van der Waals surface area contributed by atoms with Crippen LogP contribution in [0, 0.1) is 5.82 Å². The molecule has 1 aromatic carbocycles. The molecular weight excluding hydrogens is 273 g/mol. The highest BCUT2D eigenvalue weighted by molar-refractivity contribution is 5.94. The van der Waals surface area contributed by atoms with E-state index in [2.05, 4.69) is 5.10 Å². The van der Waals surface area contributed by atoms with Crippen molar-refractivity contribution >= 4 is 5.91 Å². The van der Waals surface area contributed by atoms with Gasteiger partial charge in [0.1, 0.15) is 5.82 Å². The van der Waals surface area contributed by atoms with Crippen LogP contribution in [0.15, 0.2) is 30.3 Å². The van der Waals surface area contributed by atoms with E-state index in [1.54, 1.807) is 11.0 Å². The Morgan fingerprint density at radius 1 is 1.43 bits per heavy atom. The van der Waals surface area contributed by atoms with Crippen molar-refractivity contribution in [3.8, 4) is 0 Å². The Balaban J connectivity index is 1.85. The van der Waals surface area contributed by atoms with Gasteiger partial charge in [-0.1, -0.05) is 0 Å². The summed E-state index contributed by atoms with van der Waals surface area (Å²) in [6.45, 7) is 2.86. The number of carbonyl (C=O) groups excluding carboxylic acids is 1. The number of halogens is 1. The maximum atomic E-state index is 12.9. The molecule has 1 aliphatic heterocycles. The zero-order valence-corrected chi connectivity index (χ0v) is 11.7. The van der Waals surface area contributed by atoms with Crippen molar-refractivity contribution in [2.45, 2.75) is 32.7 Å². The molecule has 6 heteroatoms. The topological polar surface area (TPSA) is 58.4 Å². The first-order valence-corrected chi connectivity index (χ1v) is 6.81. The Kier molecular flexibility index (Phi) is 3.47. The molecule has 0 radical (unpaired) electrons. The van der Waals surface area contributed by atoms with E-state index in [1.807, 2.05) is 11.6 Å². The third kappa shape index (κ3) is 2.54. The fourth-order valence-electron chi connectivity index (χ4n) is 2.59. The second-order valence-corrected chi connectivity index (χ2v) is 5.26. The first-order chi connectivity index (χ1) is 10.1. The van der Waals surface area contributed by atoms with Gasteiger partial charge >= 0.3 is 0 Å². The Morgan fingerprint density at radius 3 is 2.81 bits per heavy atom. The molecule has 2 heterocycles. The van der Waals surface area contributed by atoms with E-state index < -0.39 is 0 Å². The molecule has 0 fully saturated rings. The molecule has 1 N–H and O–H groups in total. The van der Waals surface area contributed by atoms with Crippen LogP contribution in [-0.2, 0) is 19.7 Å². The molecule has 1 amide bonds. The number of aliphatic hydroxyl groups excluding tert-OH is 1. The van der Waals surface area contributed by atoms with Gasteiger partial charge in [0.25, 0.3) is 5.91 Å². The van der Waals surface area contributed by atoms with E-state index in [-0.39, 0.29) is 24.4 Å². The second kappa shape index (κ2) is 5.29. The van der Waals surface area contributed by atoms with E-state index in [9.17, 15) is 9.18 Å². The van der Waals surface area contributed by atoms with Crippen LogP contribution >= 0.6 is 0 Å². The van der Waals surface area contributed by atoms with Gasteiger partial charge in [0.2, 0.25) is 0 Å². The monoisotopic (exact) mass is 289 g/mol. The first-order valence-electron chi connectivity index (χ1n) is 6.81. The summed E-state index contributed by atoms with van der Waals surface area (Å²) in [5, 5.41) is 13.4. The summed E-state index contributed by atoms with van der Waals surface area (Å²) < 4.78 is 14.8. The molecule has 1 aliphatic rings. The quantitative estimate of drug-likeness (QED) is 0.912. The van der Waals surface area contributed by atoms with Crippen LogP contribution in [-0.4, -0.2) is 31.7 Å². The lowest BCUT2D eigenvalue weighted by atomic mass is 10.1. The highest BCUT2D eigenvalue weighted by atomic mass is 19.1. The van der Waals surface area contributed by atoms with Gasteiger partial charge in [-0.2, -0.15) is 5.10 Å². The number of rotatable bonds is 2.